The van der Waals surface area contributed by atoms with Gasteiger partial charge in [0.05, 0.1) is 0 Å². The molecule has 0 saturated heterocycles. The van der Waals surface area contributed by atoms with Crippen LogP contribution in [0, 0.1) is 0 Å². The third kappa shape index (κ3) is 58.4. The van der Waals surface area contributed by atoms with Crippen molar-refractivity contribution in [3.63, 3.8) is 0 Å². The number of hydrogen-bond acceptors (Lipinski definition) is 6. The van der Waals surface area contributed by atoms with Crippen LogP contribution in [0.5, 0.6) is 0 Å². The summed E-state index contributed by atoms with van der Waals surface area (Å²) in [6.07, 6.45) is 86.3. The Bertz CT molecular complexity index is 1600. The number of allylic oxidation sites excluding steroid dienone is 22. The fraction of sp³-hybridized carbons (Fsp3) is 0.632. The van der Waals surface area contributed by atoms with Crippen molar-refractivity contribution in [1.82, 2.24) is 0 Å². The summed E-state index contributed by atoms with van der Waals surface area (Å²) in [6.45, 7) is 6.31. The van der Waals surface area contributed by atoms with Gasteiger partial charge in [-0.25, -0.2) is 0 Å². The van der Waals surface area contributed by atoms with Crippen LogP contribution in [-0.4, -0.2) is 37.2 Å². The van der Waals surface area contributed by atoms with E-state index in [1.165, 1.54) is 89.9 Å². The lowest BCUT2D eigenvalue weighted by molar-refractivity contribution is -0.167. The summed E-state index contributed by atoms with van der Waals surface area (Å²) in [7, 11) is 0. The van der Waals surface area contributed by atoms with Gasteiger partial charge in [-0.3, -0.25) is 14.4 Å². The van der Waals surface area contributed by atoms with Crippen LogP contribution in [0.1, 0.15) is 258 Å². The lowest BCUT2D eigenvalue weighted by Crippen LogP contribution is -2.30. The lowest BCUT2D eigenvalue weighted by Gasteiger charge is -2.18. The molecule has 0 aliphatic carbocycles. The van der Waals surface area contributed by atoms with Gasteiger partial charge >= 0.3 is 17.9 Å². The van der Waals surface area contributed by atoms with Crippen molar-refractivity contribution in [3.05, 3.63) is 134 Å². The molecule has 0 spiro atoms. The zero-order chi connectivity index (χ0) is 53.6. The first-order chi connectivity index (χ1) is 36.5. The molecule has 0 aliphatic rings. The first kappa shape index (κ1) is 69.5. The molecule has 0 fully saturated rings. The van der Waals surface area contributed by atoms with Gasteiger partial charge in [0.15, 0.2) is 6.10 Å². The van der Waals surface area contributed by atoms with Crippen molar-refractivity contribution in [2.75, 3.05) is 13.2 Å². The number of esters is 3. The Kier molecular flexibility index (Phi) is 57.4. The molecule has 0 bridgehead atoms. The van der Waals surface area contributed by atoms with Crippen molar-refractivity contribution >= 4 is 17.9 Å². The summed E-state index contributed by atoms with van der Waals surface area (Å²) in [5, 5.41) is 0. The van der Waals surface area contributed by atoms with Crippen molar-refractivity contribution in [2.45, 2.75) is 264 Å². The van der Waals surface area contributed by atoms with Gasteiger partial charge in [0.25, 0.3) is 0 Å². The Balaban J connectivity index is 4.18. The van der Waals surface area contributed by atoms with Crippen LogP contribution in [0.25, 0.3) is 0 Å². The zero-order valence-electron chi connectivity index (χ0n) is 47.8. The maximum Gasteiger partial charge on any atom is 0.306 e. The number of carbonyl (C=O) groups is 3. The van der Waals surface area contributed by atoms with E-state index in [2.05, 4.69) is 154 Å². The Labute approximate surface area is 455 Å². The van der Waals surface area contributed by atoms with Crippen LogP contribution in [0.3, 0.4) is 0 Å². The second-order valence-corrected chi connectivity index (χ2v) is 19.5. The maximum atomic E-state index is 12.8. The molecular weight excluding hydrogens is 913 g/mol. The molecule has 1 atom stereocenters. The quantitative estimate of drug-likeness (QED) is 0.0261. The second kappa shape index (κ2) is 61.1. The maximum absolute atomic E-state index is 12.8. The van der Waals surface area contributed by atoms with E-state index in [1.807, 2.05) is 0 Å². The number of carbonyl (C=O) groups excluding carboxylic acids is 3. The molecule has 74 heavy (non-hydrogen) atoms. The van der Waals surface area contributed by atoms with Crippen molar-refractivity contribution in [3.8, 4) is 0 Å². The van der Waals surface area contributed by atoms with E-state index in [0.29, 0.717) is 19.3 Å². The van der Waals surface area contributed by atoms with E-state index in [4.69, 9.17) is 14.2 Å². The van der Waals surface area contributed by atoms with E-state index in [1.54, 1.807) is 0 Å². The minimum absolute atomic E-state index is 0.0986. The van der Waals surface area contributed by atoms with Gasteiger partial charge in [-0.2, -0.15) is 0 Å². The summed E-state index contributed by atoms with van der Waals surface area (Å²) >= 11 is 0. The van der Waals surface area contributed by atoms with Crippen LogP contribution in [0.4, 0.5) is 0 Å². The molecular formula is C68H110O6. The van der Waals surface area contributed by atoms with Gasteiger partial charge in [-0.1, -0.05) is 257 Å². The summed E-state index contributed by atoms with van der Waals surface area (Å²) < 4.78 is 16.7. The third-order valence-electron chi connectivity index (χ3n) is 12.4. The molecule has 0 aliphatic heterocycles. The van der Waals surface area contributed by atoms with E-state index >= 15 is 0 Å². The minimum atomic E-state index is -0.802. The highest BCUT2D eigenvalue weighted by Crippen LogP contribution is 2.15. The largest absolute Gasteiger partial charge is 0.462 e. The molecule has 1 unspecified atom stereocenters. The van der Waals surface area contributed by atoms with Gasteiger partial charge < -0.3 is 14.2 Å². The minimum Gasteiger partial charge on any atom is -0.462 e. The SMILES string of the molecule is CC/C=C\C/C=C\C/C=C\C/C=C\C/C=C\C/C=C\CCCCC(=O)OC(COC(=O)CCCCCCCC)COC(=O)CCCCCCCCCCCCCCC/C=C\C/C=C\C/C=C\C/C=C\C/C=C\CC. The summed E-state index contributed by atoms with van der Waals surface area (Å²) in [6, 6.07) is 0. The average Bonchev–Trinajstić information content (AvgIpc) is 3.40. The lowest BCUT2D eigenvalue weighted by atomic mass is 10.0. The molecule has 0 N–H and O–H groups in total. The highest BCUT2D eigenvalue weighted by Gasteiger charge is 2.19. The van der Waals surface area contributed by atoms with Gasteiger partial charge in [0.1, 0.15) is 13.2 Å². The Hall–Kier alpha value is -4.45. The number of rotatable bonds is 53. The Morgan fingerprint density at radius 2 is 0.527 bits per heavy atom. The van der Waals surface area contributed by atoms with Crippen LogP contribution in [0.2, 0.25) is 0 Å². The molecule has 0 rings (SSSR count). The highest BCUT2D eigenvalue weighted by molar-refractivity contribution is 5.71. The standard InChI is InChI=1S/C68H110O6/c1-4-7-10-13-16-18-20-22-24-26-28-30-31-32-33-34-35-36-37-39-40-42-44-46-48-50-52-55-58-61-67(70)73-64-65(63-72-66(69)60-57-54-15-12-9-6-3)74-68(71)62-59-56-53-51-49-47-45-43-41-38-29-27-25-23-21-19-17-14-11-8-5-2/h7-8,10-11,16-19,22-25,28-30,32-33,38,43,45,49,51,65H,4-6,9,12-15,20-21,26-27,31,34-37,39-42,44,46-48,50,52-64H2,1-3H3/b10-7-,11-8-,18-16-,19-17-,24-22-,25-23-,30-28-,33-32-,38-29-,45-43-,51-49-. The van der Waals surface area contributed by atoms with E-state index in [9.17, 15) is 14.4 Å². The van der Waals surface area contributed by atoms with Crippen LogP contribution in [-0.2, 0) is 28.6 Å². The first-order valence-corrected chi connectivity index (χ1v) is 30.2. The molecule has 6 heteroatoms. The molecule has 6 nitrogen and oxygen atoms in total. The Morgan fingerprint density at radius 1 is 0.284 bits per heavy atom. The molecule has 0 heterocycles. The number of hydrogen-bond donors (Lipinski definition) is 0. The third-order valence-corrected chi connectivity index (χ3v) is 12.4. The molecule has 0 aromatic carbocycles. The Morgan fingerprint density at radius 3 is 0.851 bits per heavy atom. The van der Waals surface area contributed by atoms with Crippen LogP contribution < -0.4 is 0 Å². The predicted octanol–water partition coefficient (Wildman–Crippen LogP) is 20.6. The molecule has 0 radical (unpaired) electrons. The van der Waals surface area contributed by atoms with Crippen molar-refractivity contribution in [2.24, 2.45) is 0 Å². The summed E-state index contributed by atoms with van der Waals surface area (Å²) in [4.78, 5) is 37.9. The normalized spacial score (nSPS) is 13.1. The van der Waals surface area contributed by atoms with Crippen LogP contribution in [0.15, 0.2) is 134 Å². The second-order valence-electron chi connectivity index (χ2n) is 19.5. The monoisotopic (exact) mass is 1020 g/mol. The molecule has 0 saturated carbocycles. The smallest absolute Gasteiger partial charge is 0.306 e. The number of unbranched alkanes of at least 4 members (excludes halogenated alkanes) is 20. The van der Waals surface area contributed by atoms with E-state index in [-0.39, 0.29) is 37.5 Å². The van der Waals surface area contributed by atoms with Gasteiger partial charge in [0.2, 0.25) is 0 Å². The predicted molar refractivity (Wildman–Crippen MR) is 320 cm³/mol. The zero-order valence-corrected chi connectivity index (χ0v) is 47.8. The van der Waals surface area contributed by atoms with E-state index < -0.39 is 6.10 Å². The summed E-state index contributed by atoms with van der Waals surface area (Å²) in [5.41, 5.74) is 0. The van der Waals surface area contributed by atoms with Gasteiger partial charge in [-0.15, -0.1) is 0 Å². The summed E-state index contributed by atoms with van der Waals surface area (Å²) in [5.74, 6) is -0.955. The molecule has 0 aromatic rings. The topological polar surface area (TPSA) is 78.9 Å². The molecule has 0 amide bonds. The van der Waals surface area contributed by atoms with Gasteiger partial charge in [0, 0.05) is 19.3 Å². The van der Waals surface area contributed by atoms with Gasteiger partial charge in [-0.05, 0) is 116 Å². The molecule has 0 aromatic heterocycles. The number of ether oxygens (including phenoxy) is 3. The van der Waals surface area contributed by atoms with Crippen molar-refractivity contribution < 1.29 is 28.6 Å². The molecule has 418 valence electrons. The highest BCUT2D eigenvalue weighted by atomic mass is 16.6. The first-order valence-electron chi connectivity index (χ1n) is 30.2. The average molecular weight is 1020 g/mol. The fourth-order valence-electron chi connectivity index (χ4n) is 7.94. The fourth-order valence-corrected chi connectivity index (χ4v) is 7.94. The van der Waals surface area contributed by atoms with Crippen LogP contribution >= 0.6 is 0 Å². The van der Waals surface area contributed by atoms with Crippen molar-refractivity contribution in [1.29, 1.82) is 0 Å². The van der Waals surface area contributed by atoms with E-state index in [0.717, 1.165) is 122 Å².